The van der Waals surface area contributed by atoms with Gasteiger partial charge in [0.1, 0.15) is 12.0 Å². The molecule has 0 aromatic heterocycles. The first-order chi connectivity index (χ1) is 8.83. The van der Waals surface area contributed by atoms with Crippen molar-refractivity contribution >= 4 is 6.29 Å². The van der Waals surface area contributed by atoms with Crippen molar-refractivity contribution < 1.29 is 9.53 Å². The molecule has 0 fully saturated rings. The highest BCUT2D eigenvalue weighted by molar-refractivity contribution is 5.63. The Hall–Kier alpha value is -2.09. The minimum Gasteiger partial charge on any atom is -0.497 e. The average molecular weight is 240 g/mol. The molecule has 2 rings (SSSR count). The standard InChI is InChI=1S/C16H16O2/c1-18-16-9-5-6-13(11-16)10-15(12-17)14-7-3-2-4-8-14/h2-9,11-12,15H,10H2,1H3. The van der Waals surface area contributed by atoms with Crippen molar-refractivity contribution in [3.05, 3.63) is 65.7 Å². The van der Waals surface area contributed by atoms with Crippen LogP contribution in [0.2, 0.25) is 0 Å². The van der Waals surface area contributed by atoms with E-state index in [4.69, 9.17) is 4.74 Å². The summed E-state index contributed by atoms with van der Waals surface area (Å²) in [6.07, 6.45) is 1.71. The Morgan fingerprint density at radius 3 is 2.56 bits per heavy atom. The molecule has 0 saturated carbocycles. The predicted octanol–water partition coefficient (Wildman–Crippen LogP) is 3.22. The molecule has 0 aliphatic carbocycles. The summed E-state index contributed by atoms with van der Waals surface area (Å²) in [5.74, 6) is 0.725. The third-order valence-corrected chi connectivity index (χ3v) is 2.98. The summed E-state index contributed by atoms with van der Waals surface area (Å²) >= 11 is 0. The van der Waals surface area contributed by atoms with Crippen molar-refractivity contribution in [3.8, 4) is 5.75 Å². The zero-order chi connectivity index (χ0) is 12.8. The van der Waals surface area contributed by atoms with Crippen LogP contribution in [0.5, 0.6) is 5.75 Å². The lowest BCUT2D eigenvalue weighted by atomic mass is 9.93. The van der Waals surface area contributed by atoms with Crippen LogP contribution in [0.15, 0.2) is 54.6 Å². The van der Waals surface area contributed by atoms with Gasteiger partial charge in [-0.1, -0.05) is 42.5 Å². The lowest BCUT2D eigenvalue weighted by Crippen LogP contribution is -2.04. The van der Waals surface area contributed by atoms with Crippen LogP contribution in [0.4, 0.5) is 0 Å². The minimum absolute atomic E-state index is 0.0988. The SMILES string of the molecule is COc1cccc(CC(C=O)c2ccccc2)c1. The van der Waals surface area contributed by atoms with E-state index in [1.54, 1.807) is 7.11 Å². The third-order valence-electron chi connectivity index (χ3n) is 2.98. The van der Waals surface area contributed by atoms with E-state index >= 15 is 0 Å². The molecule has 2 aromatic rings. The van der Waals surface area contributed by atoms with Crippen LogP contribution in [-0.2, 0) is 11.2 Å². The van der Waals surface area contributed by atoms with Gasteiger partial charge in [0.25, 0.3) is 0 Å². The number of rotatable bonds is 5. The molecule has 0 heterocycles. The number of carbonyl (C=O) groups excluding carboxylic acids is 1. The normalized spacial score (nSPS) is 11.8. The molecular formula is C16H16O2. The number of methoxy groups -OCH3 is 1. The molecule has 0 aliphatic rings. The lowest BCUT2D eigenvalue weighted by molar-refractivity contribution is -0.109. The summed E-state index contributed by atoms with van der Waals surface area (Å²) in [5.41, 5.74) is 2.16. The number of carbonyl (C=O) groups is 1. The highest BCUT2D eigenvalue weighted by Crippen LogP contribution is 2.21. The van der Waals surface area contributed by atoms with Crippen molar-refractivity contribution in [2.75, 3.05) is 7.11 Å². The van der Waals surface area contributed by atoms with Crippen molar-refractivity contribution in [2.45, 2.75) is 12.3 Å². The van der Waals surface area contributed by atoms with Crippen molar-refractivity contribution in [2.24, 2.45) is 0 Å². The van der Waals surface area contributed by atoms with E-state index in [9.17, 15) is 4.79 Å². The molecule has 0 N–H and O–H groups in total. The smallest absolute Gasteiger partial charge is 0.127 e. The second kappa shape index (κ2) is 6.01. The number of hydrogen-bond acceptors (Lipinski definition) is 2. The zero-order valence-corrected chi connectivity index (χ0v) is 10.4. The number of ether oxygens (including phenoxy) is 1. The number of hydrogen-bond donors (Lipinski definition) is 0. The largest absolute Gasteiger partial charge is 0.497 e. The summed E-state index contributed by atoms with van der Waals surface area (Å²) in [5, 5.41) is 0. The van der Waals surface area contributed by atoms with Crippen LogP contribution in [0.3, 0.4) is 0 Å². The average Bonchev–Trinajstić information content (AvgIpc) is 2.46. The fourth-order valence-electron chi connectivity index (χ4n) is 2.00. The van der Waals surface area contributed by atoms with Crippen molar-refractivity contribution in [3.63, 3.8) is 0 Å². The second-order valence-electron chi connectivity index (χ2n) is 4.21. The predicted molar refractivity (Wildman–Crippen MR) is 71.9 cm³/mol. The van der Waals surface area contributed by atoms with Crippen LogP contribution in [-0.4, -0.2) is 13.4 Å². The zero-order valence-electron chi connectivity index (χ0n) is 10.4. The van der Waals surface area contributed by atoms with Crippen LogP contribution >= 0.6 is 0 Å². The molecule has 2 aromatic carbocycles. The maximum atomic E-state index is 11.2. The van der Waals surface area contributed by atoms with Crippen molar-refractivity contribution in [1.82, 2.24) is 0 Å². The molecule has 0 spiro atoms. The fraction of sp³-hybridized carbons (Fsp3) is 0.188. The van der Waals surface area contributed by atoms with Gasteiger partial charge in [-0.2, -0.15) is 0 Å². The first kappa shape index (κ1) is 12.4. The molecule has 2 heteroatoms. The number of aldehydes is 1. The molecule has 1 atom stereocenters. The van der Waals surface area contributed by atoms with Gasteiger partial charge in [0.15, 0.2) is 0 Å². The second-order valence-corrected chi connectivity index (χ2v) is 4.21. The maximum absolute atomic E-state index is 11.2. The Morgan fingerprint density at radius 2 is 1.89 bits per heavy atom. The molecule has 1 unspecified atom stereocenters. The lowest BCUT2D eigenvalue weighted by Gasteiger charge is -2.11. The van der Waals surface area contributed by atoms with E-state index in [1.807, 2.05) is 54.6 Å². The fourth-order valence-corrected chi connectivity index (χ4v) is 2.00. The van der Waals surface area contributed by atoms with Crippen LogP contribution in [0.25, 0.3) is 0 Å². The summed E-state index contributed by atoms with van der Waals surface area (Å²) in [6.45, 7) is 0. The Bertz CT molecular complexity index is 506. The van der Waals surface area contributed by atoms with Gasteiger partial charge in [-0.3, -0.25) is 0 Å². The van der Waals surface area contributed by atoms with E-state index in [2.05, 4.69) is 0 Å². The first-order valence-electron chi connectivity index (χ1n) is 5.96. The number of benzene rings is 2. The van der Waals surface area contributed by atoms with Gasteiger partial charge in [-0.05, 0) is 29.7 Å². The van der Waals surface area contributed by atoms with E-state index < -0.39 is 0 Å². The van der Waals surface area contributed by atoms with E-state index in [-0.39, 0.29) is 5.92 Å². The van der Waals surface area contributed by atoms with Gasteiger partial charge in [0.05, 0.1) is 7.11 Å². The quantitative estimate of drug-likeness (QED) is 0.750. The van der Waals surface area contributed by atoms with Crippen molar-refractivity contribution in [1.29, 1.82) is 0 Å². The summed E-state index contributed by atoms with van der Waals surface area (Å²) in [4.78, 5) is 11.2. The summed E-state index contributed by atoms with van der Waals surface area (Å²) in [7, 11) is 1.65. The molecule has 0 aliphatic heterocycles. The highest BCUT2D eigenvalue weighted by atomic mass is 16.5. The molecule has 18 heavy (non-hydrogen) atoms. The minimum atomic E-state index is -0.0988. The van der Waals surface area contributed by atoms with Gasteiger partial charge >= 0.3 is 0 Å². The van der Waals surface area contributed by atoms with Gasteiger partial charge < -0.3 is 9.53 Å². The summed E-state index contributed by atoms with van der Waals surface area (Å²) in [6, 6.07) is 17.7. The monoisotopic (exact) mass is 240 g/mol. The van der Waals surface area contributed by atoms with Gasteiger partial charge in [0.2, 0.25) is 0 Å². The topological polar surface area (TPSA) is 26.3 Å². The Kier molecular flexibility index (Phi) is 4.13. The maximum Gasteiger partial charge on any atom is 0.127 e. The summed E-state index contributed by atoms with van der Waals surface area (Å²) < 4.78 is 5.19. The van der Waals surface area contributed by atoms with E-state index in [1.165, 1.54) is 0 Å². The van der Waals surface area contributed by atoms with Gasteiger partial charge in [-0.25, -0.2) is 0 Å². The molecular weight excluding hydrogens is 224 g/mol. The molecule has 92 valence electrons. The first-order valence-corrected chi connectivity index (χ1v) is 5.96. The van der Waals surface area contributed by atoms with Crippen LogP contribution in [0.1, 0.15) is 17.0 Å². The molecule has 0 radical (unpaired) electrons. The molecule has 2 nitrogen and oxygen atoms in total. The molecule has 0 amide bonds. The molecule has 0 bridgehead atoms. The van der Waals surface area contributed by atoms with Gasteiger partial charge in [0, 0.05) is 5.92 Å². The highest BCUT2D eigenvalue weighted by Gasteiger charge is 2.11. The molecule has 0 saturated heterocycles. The van der Waals surface area contributed by atoms with E-state index in [0.717, 1.165) is 23.2 Å². The van der Waals surface area contributed by atoms with Crippen LogP contribution < -0.4 is 4.74 Å². The van der Waals surface area contributed by atoms with E-state index in [0.29, 0.717) is 6.42 Å². The Labute approximate surface area is 107 Å². The third kappa shape index (κ3) is 2.98. The van der Waals surface area contributed by atoms with Gasteiger partial charge in [-0.15, -0.1) is 0 Å². The Balaban J connectivity index is 2.18. The van der Waals surface area contributed by atoms with Crippen LogP contribution in [0, 0.1) is 0 Å². The Morgan fingerprint density at radius 1 is 1.11 bits per heavy atom.